The molecule has 1 saturated heterocycles. The maximum Gasteiger partial charge on any atom is 0.330 e. The average Bonchev–Trinajstić information content (AvgIpc) is 2.95. The Kier molecular flexibility index (Phi) is 7.13. The molecule has 2 rings (SSSR count). The van der Waals surface area contributed by atoms with E-state index < -0.39 is 34.5 Å². The molecule has 1 aliphatic rings. The molecule has 2 N–H and O–H groups in total. The van der Waals surface area contributed by atoms with Crippen LogP contribution >= 0.6 is 0 Å². The molecule has 1 aliphatic heterocycles. The van der Waals surface area contributed by atoms with Crippen LogP contribution < -0.4 is 5.32 Å². The number of carbonyl (C=O) groups is 2. The summed E-state index contributed by atoms with van der Waals surface area (Å²) in [4.78, 5) is 23.7. The second-order valence-electron chi connectivity index (χ2n) is 6.07. The summed E-state index contributed by atoms with van der Waals surface area (Å²) in [6, 6.07) is 4.34. The van der Waals surface area contributed by atoms with Crippen LogP contribution in [0.25, 0.3) is 0 Å². The van der Waals surface area contributed by atoms with E-state index in [1.165, 1.54) is 28.6 Å². The zero-order chi connectivity index (χ0) is 19.2. The van der Waals surface area contributed by atoms with Crippen LogP contribution in [0, 0.1) is 0 Å². The maximum absolute atomic E-state index is 12.7. The van der Waals surface area contributed by atoms with Crippen molar-refractivity contribution in [2.24, 2.45) is 0 Å². The molecule has 8 nitrogen and oxygen atoms in total. The highest BCUT2D eigenvalue weighted by Gasteiger charge is 2.26. The van der Waals surface area contributed by atoms with Crippen molar-refractivity contribution in [1.82, 2.24) is 9.62 Å². The number of aliphatic hydroxyl groups excluding tert-OH is 1. The molecule has 0 aromatic heterocycles. The van der Waals surface area contributed by atoms with Crippen molar-refractivity contribution < 1.29 is 27.9 Å². The monoisotopic (exact) mass is 384 g/mol. The summed E-state index contributed by atoms with van der Waals surface area (Å²) in [7, 11) is -2.43. The summed E-state index contributed by atoms with van der Waals surface area (Å²) in [5.74, 6) is -1.37. The minimum Gasteiger partial charge on any atom is -0.467 e. The van der Waals surface area contributed by atoms with Gasteiger partial charge in [-0.05, 0) is 37.1 Å². The maximum atomic E-state index is 12.7. The summed E-state index contributed by atoms with van der Waals surface area (Å²) in [5.41, 5.74) is 0.183. The number of rotatable bonds is 6. The molecule has 1 aromatic carbocycles. The molecule has 1 amide bonds. The highest BCUT2D eigenvalue weighted by Crippen LogP contribution is 2.20. The van der Waals surface area contributed by atoms with E-state index in [9.17, 15) is 18.0 Å². The molecule has 1 aromatic rings. The molecule has 9 heteroatoms. The quantitative estimate of drug-likeness (QED) is 0.691. The van der Waals surface area contributed by atoms with Gasteiger partial charge in [0.2, 0.25) is 10.0 Å². The first kappa shape index (κ1) is 20.3. The van der Waals surface area contributed by atoms with Gasteiger partial charge < -0.3 is 15.2 Å². The number of ether oxygens (including phenoxy) is 1. The molecular formula is C17H24N2O6S. The summed E-state index contributed by atoms with van der Waals surface area (Å²) in [6.45, 7) is 0.406. The Balaban J connectivity index is 2.11. The van der Waals surface area contributed by atoms with Gasteiger partial charge in [-0.15, -0.1) is 0 Å². The van der Waals surface area contributed by atoms with Gasteiger partial charge in [-0.25, -0.2) is 13.2 Å². The molecule has 1 fully saturated rings. The third-order valence-corrected chi connectivity index (χ3v) is 6.21. The fraction of sp³-hybridized carbons (Fsp3) is 0.529. The van der Waals surface area contributed by atoms with Gasteiger partial charge in [0.05, 0.1) is 18.6 Å². The Morgan fingerprint density at radius 2 is 1.73 bits per heavy atom. The fourth-order valence-corrected chi connectivity index (χ4v) is 4.29. The van der Waals surface area contributed by atoms with Gasteiger partial charge in [0.1, 0.15) is 0 Å². The number of carbonyl (C=O) groups excluding carboxylic acids is 2. The lowest BCUT2D eigenvalue weighted by molar-refractivity contribution is -0.143. The van der Waals surface area contributed by atoms with Gasteiger partial charge in [-0.3, -0.25) is 4.79 Å². The van der Waals surface area contributed by atoms with Crippen molar-refractivity contribution in [3.8, 4) is 0 Å². The number of esters is 1. The van der Waals surface area contributed by atoms with Gasteiger partial charge >= 0.3 is 5.97 Å². The van der Waals surface area contributed by atoms with Crippen LogP contribution in [0.5, 0.6) is 0 Å². The number of aliphatic hydroxyl groups is 1. The number of hydrogen-bond donors (Lipinski definition) is 2. The second-order valence-corrected chi connectivity index (χ2v) is 8.01. The molecular weight excluding hydrogens is 360 g/mol. The Morgan fingerprint density at radius 3 is 2.23 bits per heavy atom. The van der Waals surface area contributed by atoms with Crippen molar-refractivity contribution >= 4 is 21.9 Å². The Bertz CT molecular complexity index is 724. The van der Waals surface area contributed by atoms with E-state index in [1.54, 1.807) is 0 Å². The first-order valence-electron chi connectivity index (χ1n) is 8.50. The second kappa shape index (κ2) is 9.11. The lowest BCUT2D eigenvalue weighted by Gasteiger charge is -2.20. The van der Waals surface area contributed by atoms with Crippen LogP contribution in [-0.2, 0) is 19.6 Å². The van der Waals surface area contributed by atoms with Crippen molar-refractivity contribution in [3.63, 3.8) is 0 Å². The predicted molar refractivity (Wildman–Crippen MR) is 94.0 cm³/mol. The molecule has 0 unspecified atom stereocenters. The third kappa shape index (κ3) is 4.80. The zero-order valence-corrected chi connectivity index (χ0v) is 15.5. The number of methoxy groups -OCH3 is 1. The summed E-state index contributed by atoms with van der Waals surface area (Å²) in [6.07, 6.45) is 3.74. The van der Waals surface area contributed by atoms with Crippen molar-refractivity contribution in [3.05, 3.63) is 29.8 Å². The topological polar surface area (TPSA) is 113 Å². The number of nitrogens with zero attached hydrogens (tertiary/aromatic N) is 1. The number of benzene rings is 1. The molecule has 26 heavy (non-hydrogen) atoms. The lowest BCUT2D eigenvalue weighted by atomic mass is 10.2. The Hall–Kier alpha value is -1.97. The predicted octanol–water partition coefficient (Wildman–Crippen LogP) is 0.515. The van der Waals surface area contributed by atoms with Crippen LogP contribution in [0.3, 0.4) is 0 Å². The van der Waals surface area contributed by atoms with Crippen LogP contribution in [0.1, 0.15) is 36.0 Å². The third-order valence-electron chi connectivity index (χ3n) is 4.29. The minimum atomic E-state index is -3.59. The van der Waals surface area contributed by atoms with Gasteiger partial charge in [-0.2, -0.15) is 4.31 Å². The Morgan fingerprint density at radius 1 is 1.15 bits per heavy atom. The van der Waals surface area contributed by atoms with E-state index in [2.05, 4.69) is 10.1 Å². The molecule has 144 valence electrons. The average molecular weight is 384 g/mol. The van der Waals surface area contributed by atoms with Crippen LogP contribution in [0.2, 0.25) is 0 Å². The summed E-state index contributed by atoms with van der Waals surface area (Å²) < 4.78 is 31.4. The summed E-state index contributed by atoms with van der Waals surface area (Å²) >= 11 is 0. The first-order valence-corrected chi connectivity index (χ1v) is 9.94. The van der Waals surface area contributed by atoms with Crippen molar-refractivity contribution in [2.75, 3.05) is 26.8 Å². The smallest absolute Gasteiger partial charge is 0.330 e. The lowest BCUT2D eigenvalue weighted by Crippen LogP contribution is -2.44. The van der Waals surface area contributed by atoms with Gasteiger partial charge in [-0.1, -0.05) is 12.8 Å². The van der Waals surface area contributed by atoms with E-state index in [0.717, 1.165) is 32.8 Å². The molecule has 0 spiro atoms. The van der Waals surface area contributed by atoms with E-state index in [4.69, 9.17) is 5.11 Å². The number of hydrogen-bond acceptors (Lipinski definition) is 6. The normalized spacial score (nSPS) is 17.2. The van der Waals surface area contributed by atoms with Crippen molar-refractivity contribution in [1.29, 1.82) is 0 Å². The van der Waals surface area contributed by atoms with Gasteiger partial charge in [0, 0.05) is 18.7 Å². The van der Waals surface area contributed by atoms with Crippen LogP contribution in [-0.4, -0.2) is 62.6 Å². The number of sulfonamides is 1. The Labute approximate surface area is 153 Å². The number of nitrogens with one attached hydrogen (secondary N) is 1. The standard InChI is InChI=1S/C17H24N2O6S/c1-25-17(22)15(12-20)18-16(21)13-6-8-14(9-7-13)26(23,24)19-10-4-2-3-5-11-19/h6-9,15,20H,2-5,10-12H2,1H3,(H,18,21)/t15-/m0/s1. The molecule has 1 atom stereocenters. The zero-order valence-electron chi connectivity index (χ0n) is 14.7. The molecule has 0 bridgehead atoms. The van der Waals surface area contributed by atoms with E-state index in [1.807, 2.05) is 0 Å². The minimum absolute atomic E-state index is 0.127. The molecule has 0 radical (unpaired) electrons. The highest BCUT2D eigenvalue weighted by atomic mass is 32.2. The SMILES string of the molecule is COC(=O)[C@H](CO)NC(=O)c1ccc(S(=O)(=O)N2CCCCCC2)cc1. The fourth-order valence-electron chi connectivity index (χ4n) is 2.77. The first-order chi connectivity index (χ1) is 12.4. The van der Waals surface area contributed by atoms with Crippen molar-refractivity contribution in [2.45, 2.75) is 36.6 Å². The van der Waals surface area contributed by atoms with Gasteiger partial charge in [0.15, 0.2) is 6.04 Å². The molecule has 0 saturated carbocycles. The largest absolute Gasteiger partial charge is 0.467 e. The highest BCUT2D eigenvalue weighted by molar-refractivity contribution is 7.89. The van der Waals surface area contributed by atoms with E-state index in [0.29, 0.717) is 13.1 Å². The van der Waals surface area contributed by atoms with E-state index in [-0.39, 0.29) is 10.5 Å². The molecule has 0 aliphatic carbocycles. The van der Waals surface area contributed by atoms with Crippen LogP contribution in [0.15, 0.2) is 29.2 Å². The number of amides is 1. The molecule has 1 heterocycles. The van der Waals surface area contributed by atoms with Crippen LogP contribution in [0.4, 0.5) is 0 Å². The van der Waals surface area contributed by atoms with Gasteiger partial charge in [0.25, 0.3) is 5.91 Å². The van der Waals surface area contributed by atoms with E-state index >= 15 is 0 Å². The summed E-state index contributed by atoms with van der Waals surface area (Å²) in [5, 5.41) is 11.5.